The predicted molar refractivity (Wildman–Crippen MR) is 127 cm³/mol. The monoisotopic (exact) mass is 446 g/mol. The van der Waals surface area contributed by atoms with Gasteiger partial charge in [-0.25, -0.2) is 0 Å². The van der Waals surface area contributed by atoms with Crippen LogP contribution in [0.4, 0.5) is 0 Å². The summed E-state index contributed by atoms with van der Waals surface area (Å²) in [6.45, 7) is 8.22. The predicted octanol–water partition coefficient (Wildman–Crippen LogP) is 5.91. The van der Waals surface area contributed by atoms with E-state index >= 15 is 0 Å². The summed E-state index contributed by atoms with van der Waals surface area (Å²) in [6.07, 6.45) is 0. The minimum absolute atomic E-state index is 0.0719. The maximum atomic E-state index is 13.1. The second-order valence-electron chi connectivity index (χ2n) is 8.80. The Kier molecular flexibility index (Phi) is 5.65. The molecule has 0 saturated carbocycles. The fourth-order valence-electron chi connectivity index (χ4n) is 3.40. The first-order valence-electron chi connectivity index (χ1n) is 10.4. The Labute approximate surface area is 189 Å². The highest BCUT2D eigenvalue weighted by molar-refractivity contribution is 7.87. The van der Waals surface area contributed by atoms with Gasteiger partial charge in [0.15, 0.2) is 0 Å². The molecule has 0 aliphatic rings. The Hall–Kier alpha value is -3.38. The van der Waals surface area contributed by atoms with Crippen LogP contribution in [-0.2, 0) is 15.5 Å². The lowest BCUT2D eigenvalue weighted by atomic mass is 9.87. The molecule has 0 spiro atoms. The summed E-state index contributed by atoms with van der Waals surface area (Å²) < 4.78 is 33.3. The van der Waals surface area contributed by atoms with Gasteiger partial charge in [0.25, 0.3) is 0 Å². The van der Waals surface area contributed by atoms with E-state index in [0.29, 0.717) is 5.69 Å². The molecule has 1 heterocycles. The third-order valence-electron chi connectivity index (χ3n) is 5.20. The molecule has 0 aliphatic heterocycles. The Morgan fingerprint density at radius 3 is 2.16 bits per heavy atom. The molecule has 32 heavy (non-hydrogen) atoms. The molecule has 0 amide bonds. The smallest absolute Gasteiger partial charge is 0.340 e. The van der Waals surface area contributed by atoms with Crippen LogP contribution < -0.4 is 4.18 Å². The number of benzene rings is 3. The molecule has 0 aliphatic carbocycles. The van der Waals surface area contributed by atoms with E-state index in [-0.39, 0.29) is 16.2 Å². The molecule has 0 fully saturated rings. The van der Waals surface area contributed by atoms with E-state index in [0.717, 1.165) is 22.4 Å². The van der Waals surface area contributed by atoms with Gasteiger partial charge in [-0.3, -0.25) is 0 Å². The zero-order valence-electron chi connectivity index (χ0n) is 18.6. The first-order chi connectivity index (χ1) is 15.1. The van der Waals surface area contributed by atoms with Gasteiger partial charge in [-0.15, -0.1) is 0 Å². The van der Waals surface area contributed by atoms with Gasteiger partial charge >= 0.3 is 10.1 Å². The standard InChI is InChI=1S/C26H26N2O3S/c1-19-9-8-12-22(17-19)28-25(18-24(27-28)20-10-6-5-7-11-20)31-32(29,30)23-15-13-21(14-16-23)26(2,3)4/h5-18H,1-4H3. The van der Waals surface area contributed by atoms with Gasteiger partial charge in [-0.2, -0.15) is 18.2 Å². The molecule has 4 aromatic rings. The van der Waals surface area contributed by atoms with E-state index in [9.17, 15) is 8.42 Å². The molecule has 1 aromatic heterocycles. The van der Waals surface area contributed by atoms with Gasteiger partial charge in [0.2, 0.25) is 5.88 Å². The normalized spacial score (nSPS) is 12.0. The summed E-state index contributed by atoms with van der Waals surface area (Å²) >= 11 is 0. The second kappa shape index (κ2) is 8.28. The van der Waals surface area contributed by atoms with Crippen LogP contribution in [0.5, 0.6) is 5.88 Å². The summed E-state index contributed by atoms with van der Waals surface area (Å²) in [7, 11) is -4.05. The summed E-state index contributed by atoms with van der Waals surface area (Å²) in [5.41, 5.74) is 4.23. The van der Waals surface area contributed by atoms with Crippen LogP contribution >= 0.6 is 0 Å². The van der Waals surface area contributed by atoms with Gasteiger partial charge in [-0.05, 0) is 47.7 Å². The molecule has 0 bridgehead atoms. The molecule has 6 heteroatoms. The Morgan fingerprint density at radius 2 is 1.53 bits per heavy atom. The third kappa shape index (κ3) is 4.60. The number of hydrogen-bond acceptors (Lipinski definition) is 4. The van der Waals surface area contributed by atoms with Gasteiger partial charge in [0, 0.05) is 11.6 Å². The summed E-state index contributed by atoms with van der Waals surface area (Å²) in [6, 6.07) is 25.7. The fraction of sp³-hybridized carbons (Fsp3) is 0.192. The highest BCUT2D eigenvalue weighted by Crippen LogP contribution is 2.30. The lowest BCUT2D eigenvalue weighted by Crippen LogP contribution is -2.14. The van der Waals surface area contributed by atoms with Gasteiger partial charge in [0.05, 0.1) is 11.4 Å². The molecule has 164 valence electrons. The number of nitrogens with zero attached hydrogens (tertiary/aromatic N) is 2. The van der Waals surface area contributed by atoms with Crippen LogP contribution in [0, 0.1) is 6.92 Å². The first kappa shape index (κ1) is 21.8. The van der Waals surface area contributed by atoms with E-state index in [4.69, 9.17) is 4.18 Å². The largest absolute Gasteiger partial charge is 0.358 e. The van der Waals surface area contributed by atoms with Crippen molar-refractivity contribution in [3.63, 3.8) is 0 Å². The van der Waals surface area contributed by atoms with Gasteiger partial charge < -0.3 is 4.18 Å². The molecule has 0 N–H and O–H groups in total. The molecule has 0 radical (unpaired) electrons. The molecular weight excluding hydrogens is 420 g/mol. The zero-order valence-corrected chi connectivity index (χ0v) is 19.4. The molecule has 3 aromatic carbocycles. The minimum atomic E-state index is -4.05. The Bertz CT molecular complexity index is 1330. The Balaban J connectivity index is 1.76. The maximum absolute atomic E-state index is 13.1. The van der Waals surface area contributed by atoms with Crippen molar-refractivity contribution in [2.75, 3.05) is 0 Å². The van der Waals surface area contributed by atoms with Crippen molar-refractivity contribution in [3.05, 3.63) is 96.1 Å². The topological polar surface area (TPSA) is 61.2 Å². The highest BCUT2D eigenvalue weighted by Gasteiger charge is 2.23. The highest BCUT2D eigenvalue weighted by atomic mass is 32.2. The van der Waals surface area contributed by atoms with Crippen molar-refractivity contribution in [2.24, 2.45) is 0 Å². The average Bonchev–Trinajstić information content (AvgIpc) is 3.17. The van der Waals surface area contributed by atoms with Crippen molar-refractivity contribution < 1.29 is 12.6 Å². The van der Waals surface area contributed by atoms with Gasteiger partial charge in [0.1, 0.15) is 4.90 Å². The lowest BCUT2D eigenvalue weighted by Gasteiger charge is -2.19. The van der Waals surface area contributed by atoms with Crippen molar-refractivity contribution in [1.82, 2.24) is 9.78 Å². The molecule has 0 atom stereocenters. The van der Waals surface area contributed by atoms with Crippen LogP contribution in [0.15, 0.2) is 89.8 Å². The van der Waals surface area contributed by atoms with E-state index in [2.05, 4.69) is 25.9 Å². The quantitative estimate of drug-likeness (QED) is 0.357. The molecular formula is C26H26N2O3S. The number of aryl methyl sites for hydroxylation is 1. The van der Waals surface area contributed by atoms with E-state index < -0.39 is 10.1 Å². The molecule has 4 rings (SSSR count). The maximum Gasteiger partial charge on any atom is 0.340 e. The van der Waals surface area contributed by atoms with Crippen LogP contribution in [0.2, 0.25) is 0 Å². The fourth-order valence-corrected chi connectivity index (χ4v) is 4.31. The minimum Gasteiger partial charge on any atom is -0.358 e. The average molecular weight is 447 g/mol. The number of hydrogen-bond donors (Lipinski definition) is 0. The third-order valence-corrected chi connectivity index (χ3v) is 6.44. The zero-order chi connectivity index (χ0) is 22.9. The van der Waals surface area contributed by atoms with Crippen molar-refractivity contribution in [3.8, 4) is 22.8 Å². The first-order valence-corrected chi connectivity index (χ1v) is 11.8. The van der Waals surface area contributed by atoms with E-state index in [1.165, 1.54) is 4.68 Å². The van der Waals surface area contributed by atoms with Crippen molar-refractivity contribution in [2.45, 2.75) is 38.0 Å². The molecule has 0 unspecified atom stereocenters. The van der Waals surface area contributed by atoms with Crippen LogP contribution in [-0.4, -0.2) is 18.2 Å². The number of rotatable bonds is 5. The van der Waals surface area contributed by atoms with Crippen LogP contribution in [0.25, 0.3) is 16.9 Å². The Morgan fingerprint density at radius 1 is 0.844 bits per heavy atom. The molecule has 0 saturated heterocycles. The lowest BCUT2D eigenvalue weighted by molar-refractivity contribution is 0.465. The second-order valence-corrected chi connectivity index (χ2v) is 10.3. The summed E-state index contributed by atoms with van der Waals surface area (Å²) in [5, 5.41) is 4.64. The molecule has 5 nitrogen and oxygen atoms in total. The van der Waals surface area contributed by atoms with E-state index in [1.54, 1.807) is 18.2 Å². The van der Waals surface area contributed by atoms with Crippen molar-refractivity contribution in [1.29, 1.82) is 0 Å². The SMILES string of the molecule is Cc1cccc(-n2nc(-c3ccccc3)cc2OS(=O)(=O)c2ccc(C(C)(C)C)cc2)c1. The van der Waals surface area contributed by atoms with Crippen LogP contribution in [0.3, 0.4) is 0 Å². The van der Waals surface area contributed by atoms with Gasteiger partial charge in [-0.1, -0.05) is 75.4 Å². The number of aromatic nitrogens is 2. The summed E-state index contributed by atoms with van der Waals surface area (Å²) in [5.74, 6) is 0.134. The van der Waals surface area contributed by atoms with E-state index in [1.807, 2.05) is 73.7 Å². The van der Waals surface area contributed by atoms with Crippen molar-refractivity contribution >= 4 is 10.1 Å². The van der Waals surface area contributed by atoms with Crippen LogP contribution in [0.1, 0.15) is 31.9 Å². The summed E-state index contributed by atoms with van der Waals surface area (Å²) in [4.78, 5) is 0.101.